The number of aromatic nitrogens is 1. The van der Waals surface area contributed by atoms with Crippen molar-refractivity contribution in [2.75, 3.05) is 5.32 Å². The van der Waals surface area contributed by atoms with Gasteiger partial charge in [-0.2, -0.15) is 0 Å². The van der Waals surface area contributed by atoms with Gasteiger partial charge < -0.3 is 9.97 Å². The Kier molecular flexibility index (Phi) is 7.84. The highest BCUT2D eigenvalue weighted by atomic mass is 16.4. The monoisotopic (exact) mass is 446 g/mol. The molecule has 1 N–H and O–H groups in total. The first-order valence-electron chi connectivity index (χ1n) is 13.4. The Morgan fingerprint density at radius 2 is 1.30 bits per heavy atom. The maximum atomic E-state index is 6.72. The first-order chi connectivity index (χ1) is 15.8. The van der Waals surface area contributed by atoms with Crippen LogP contribution in [-0.2, 0) is 4.65 Å². The van der Waals surface area contributed by atoms with E-state index >= 15 is 0 Å². The van der Waals surface area contributed by atoms with Gasteiger partial charge in [-0.1, -0.05) is 90.5 Å². The molecule has 3 heterocycles. The van der Waals surface area contributed by atoms with Crippen LogP contribution in [0.3, 0.4) is 0 Å². The summed E-state index contributed by atoms with van der Waals surface area (Å²) < 4.78 is 6.72. The molecule has 33 heavy (non-hydrogen) atoms. The Morgan fingerprint density at radius 3 is 1.85 bits per heavy atom. The summed E-state index contributed by atoms with van der Waals surface area (Å²) in [6.45, 7) is 13.9. The summed E-state index contributed by atoms with van der Waals surface area (Å²) >= 11 is 0. The zero-order chi connectivity index (χ0) is 23.5. The third kappa shape index (κ3) is 5.48. The van der Waals surface area contributed by atoms with E-state index in [2.05, 4.69) is 83.3 Å². The molecular formula is C29H43BN2O. The van der Waals surface area contributed by atoms with Gasteiger partial charge in [-0.25, -0.2) is 0 Å². The van der Waals surface area contributed by atoms with E-state index in [1.807, 2.05) is 0 Å². The van der Waals surface area contributed by atoms with Crippen LogP contribution in [0.15, 0.2) is 36.4 Å². The van der Waals surface area contributed by atoms with Crippen molar-refractivity contribution in [3.8, 4) is 0 Å². The Bertz CT molecular complexity index is 879. The van der Waals surface area contributed by atoms with Crippen LogP contribution in [0.4, 0.5) is 5.69 Å². The van der Waals surface area contributed by atoms with Crippen molar-refractivity contribution in [2.24, 2.45) is 0 Å². The number of anilines is 1. The number of nitrogens with one attached hydrogen (secondary N) is 1. The lowest BCUT2D eigenvalue weighted by Crippen LogP contribution is -2.38. The highest BCUT2D eigenvalue weighted by molar-refractivity contribution is 6.56. The van der Waals surface area contributed by atoms with E-state index in [0.29, 0.717) is 18.8 Å². The Hall–Kier alpha value is -1.81. The normalized spacial score (nSPS) is 22.5. The van der Waals surface area contributed by atoms with Gasteiger partial charge in [0.15, 0.2) is 0 Å². The summed E-state index contributed by atoms with van der Waals surface area (Å²) in [4.78, 5) is 5.09. The van der Waals surface area contributed by atoms with Crippen molar-refractivity contribution in [3.63, 3.8) is 0 Å². The van der Waals surface area contributed by atoms with Crippen LogP contribution < -0.4 is 5.32 Å². The molecule has 0 saturated carbocycles. The maximum Gasteiger partial charge on any atom is 0.300 e. The van der Waals surface area contributed by atoms with Gasteiger partial charge in [-0.3, -0.25) is 4.98 Å². The molecule has 2 saturated heterocycles. The summed E-state index contributed by atoms with van der Waals surface area (Å²) in [7, 11) is 0. The molecular weight excluding hydrogens is 403 g/mol. The summed E-state index contributed by atoms with van der Waals surface area (Å²) in [6.07, 6.45) is 8.18. The van der Waals surface area contributed by atoms with Crippen LogP contribution in [0.25, 0.3) is 0 Å². The van der Waals surface area contributed by atoms with Gasteiger partial charge in [0.1, 0.15) is 0 Å². The molecule has 4 rings (SSSR count). The number of fused-ring (bicyclic) bond motifs is 2. The number of para-hydroxylation sites is 1. The standard InChI is InChI=1S/C29H43BN2O/c1-19(2)25-15-9-16-26(20(3)4)29(25)31-21(5)27-17-10-18-28(32-27)22(6)33-30-23-11-7-12-24(30)14-8-13-23/h9-10,15-24,31H,7-8,11-14H2,1-6H3. The number of nitrogens with zero attached hydrogens (tertiary/aromatic N) is 1. The van der Waals surface area contributed by atoms with Crippen molar-refractivity contribution >= 4 is 12.6 Å². The second-order valence-corrected chi connectivity index (χ2v) is 11.1. The van der Waals surface area contributed by atoms with Crippen LogP contribution >= 0.6 is 0 Å². The summed E-state index contributed by atoms with van der Waals surface area (Å²) in [5, 5.41) is 3.83. The summed E-state index contributed by atoms with van der Waals surface area (Å²) in [5.74, 6) is 2.46. The van der Waals surface area contributed by atoms with Gasteiger partial charge in [0.2, 0.25) is 0 Å². The first kappa shape index (κ1) is 24.3. The molecule has 3 nitrogen and oxygen atoms in total. The smallest absolute Gasteiger partial charge is 0.300 e. The molecule has 4 heteroatoms. The Morgan fingerprint density at radius 1 is 0.788 bits per heavy atom. The van der Waals surface area contributed by atoms with E-state index in [9.17, 15) is 0 Å². The maximum absolute atomic E-state index is 6.72. The highest BCUT2D eigenvalue weighted by Crippen LogP contribution is 2.47. The molecule has 0 spiro atoms. The van der Waals surface area contributed by atoms with Crippen LogP contribution in [0.1, 0.15) is 127 Å². The minimum absolute atomic E-state index is 0.0394. The average molecular weight is 446 g/mol. The third-order valence-corrected chi connectivity index (χ3v) is 7.98. The van der Waals surface area contributed by atoms with Gasteiger partial charge in [0.25, 0.3) is 6.92 Å². The quantitative estimate of drug-likeness (QED) is 0.412. The molecule has 0 amide bonds. The van der Waals surface area contributed by atoms with E-state index in [1.165, 1.54) is 55.3 Å². The number of hydrogen-bond donors (Lipinski definition) is 1. The van der Waals surface area contributed by atoms with Crippen molar-refractivity contribution in [1.29, 1.82) is 0 Å². The number of pyridine rings is 1. The molecule has 178 valence electrons. The van der Waals surface area contributed by atoms with Crippen LogP contribution in [0.5, 0.6) is 0 Å². The first-order valence-corrected chi connectivity index (χ1v) is 13.4. The number of rotatable bonds is 8. The Labute approximate surface area is 202 Å². The van der Waals surface area contributed by atoms with Gasteiger partial charge in [0, 0.05) is 5.69 Å². The van der Waals surface area contributed by atoms with Crippen molar-refractivity contribution in [2.45, 2.75) is 116 Å². The van der Waals surface area contributed by atoms with Gasteiger partial charge in [0.05, 0.1) is 23.5 Å². The topological polar surface area (TPSA) is 34.1 Å². The van der Waals surface area contributed by atoms with Crippen LogP contribution in [0, 0.1) is 0 Å². The molecule has 1 aromatic heterocycles. The van der Waals surface area contributed by atoms with Gasteiger partial charge in [-0.05, 0) is 60.6 Å². The van der Waals surface area contributed by atoms with Crippen molar-refractivity contribution < 1.29 is 4.65 Å². The Balaban J connectivity index is 1.51. The molecule has 2 aromatic rings. The van der Waals surface area contributed by atoms with E-state index in [4.69, 9.17) is 9.64 Å². The fourth-order valence-electron chi connectivity index (χ4n) is 6.09. The SMILES string of the molecule is CC(C)c1cccc(C(C)C)c1NC(C)c1cccc(C(C)OB2C3CCCC2CCC3)n1. The second-order valence-electron chi connectivity index (χ2n) is 11.1. The highest BCUT2D eigenvalue weighted by Gasteiger charge is 2.42. The van der Waals surface area contributed by atoms with E-state index in [-0.39, 0.29) is 12.1 Å². The minimum Gasteiger partial charge on any atom is -0.427 e. The molecule has 0 aliphatic carbocycles. The predicted octanol–water partition coefficient (Wildman–Crippen LogP) is 8.68. The molecule has 0 radical (unpaired) electrons. The lowest BCUT2D eigenvalue weighted by molar-refractivity contribution is 0.192. The summed E-state index contributed by atoms with van der Waals surface area (Å²) in [6, 6.07) is 13.3. The zero-order valence-corrected chi connectivity index (χ0v) is 21.6. The van der Waals surface area contributed by atoms with Crippen LogP contribution in [-0.4, -0.2) is 11.9 Å². The average Bonchev–Trinajstić information content (AvgIpc) is 2.78. The fourth-order valence-corrected chi connectivity index (χ4v) is 6.09. The molecule has 2 aliphatic heterocycles. The van der Waals surface area contributed by atoms with Crippen molar-refractivity contribution in [3.05, 3.63) is 58.9 Å². The van der Waals surface area contributed by atoms with Crippen molar-refractivity contribution in [1.82, 2.24) is 4.98 Å². The molecule has 2 bridgehead atoms. The lowest BCUT2D eigenvalue weighted by Gasteiger charge is -2.40. The second kappa shape index (κ2) is 10.6. The van der Waals surface area contributed by atoms with Gasteiger partial charge >= 0.3 is 0 Å². The number of hydrogen-bond acceptors (Lipinski definition) is 3. The molecule has 2 fully saturated rings. The molecule has 2 aliphatic rings. The van der Waals surface area contributed by atoms with E-state index < -0.39 is 0 Å². The largest absolute Gasteiger partial charge is 0.427 e. The minimum atomic E-state index is 0.0394. The van der Waals surface area contributed by atoms with Gasteiger partial charge in [-0.15, -0.1) is 0 Å². The number of benzene rings is 1. The lowest BCUT2D eigenvalue weighted by atomic mass is 9.38. The predicted molar refractivity (Wildman–Crippen MR) is 141 cm³/mol. The summed E-state index contributed by atoms with van der Waals surface area (Å²) in [5.41, 5.74) is 6.18. The fraction of sp³-hybridized carbons (Fsp3) is 0.621. The zero-order valence-electron chi connectivity index (χ0n) is 21.6. The van der Waals surface area contributed by atoms with E-state index in [0.717, 1.165) is 23.0 Å². The molecule has 2 atom stereocenters. The third-order valence-electron chi connectivity index (χ3n) is 7.98. The van der Waals surface area contributed by atoms with Crippen LogP contribution in [0.2, 0.25) is 11.6 Å². The molecule has 1 aromatic carbocycles. The van der Waals surface area contributed by atoms with E-state index in [1.54, 1.807) is 0 Å². The molecule has 2 unspecified atom stereocenters.